The monoisotopic (exact) mass is 629 g/mol. The van der Waals surface area contributed by atoms with Crippen LogP contribution in [0.15, 0.2) is 188 Å². The van der Waals surface area contributed by atoms with Crippen LogP contribution in [0.25, 0.3) is 64.3 Å². The predicted molar refractivity (Wildman–Crippen MR) is 208 cm³/mol. The summed E-state index contributed by atoms with van der Waals surface area (Å²) in [6, 6.07) is 68.1. The van der Waals surface area contributed by atoms with Crippen molar-refractivity contribution in [2.75, 3.05) is 4.90 Å². The maximum absolute atomic E-state index is 2.44. The fraction of sp³-hybridized carbons (Fsp3) is 0. The number of hydrogen-bond acceptors (Lipinski definition) is 2. The fourth-order valence-corrected chi connectivity index (χ4v) is 8.10. The summed E-state index contributed by atoms with van der Waals surface area (Å²) in [6.45, 7) is 0. The third-order valence-corrected chi connectivity index (χ3v) is 10.5. The molecular formula is C46H31NS. The minimum Gasteiger partial charge on any atom is -0.308 e. The first-order valence-electron chi connectivity index (χ1n) is 16.3. The normalized spacial score (nSPS) is 11.3. The van der Waals surface area contributed by atoms with E-state index in [0.29, 0.717) is 0 Å². The van der Waals surface area contributed by atoms with Crippen molar-refractivity contribution >= 4 is 59.3 Å². The second-order valence-electron chi connectivity index (χ2n) is 12.2. The summed E-state index contributed by atoms with van der Waals surface area (Å²) in [5, 5.41) is 5.11. The van der Waals surface area contributed by atoms with Crippen molar-refractivity contribution in [1.82, 2.24) is 0 Å². The molecule has 0 saturated heterocycles. The molecule has 0 unspecified atom stereocenters. The lowest BCUT2D eigenvalue weighted by atomic mass is 9.97. The average molecular weight is 630 g/mol. The Labute approximate surface area is 284 Å². The largest absolute Gasteiger partial charge is 0.308 e. The van der Waals surface area contributed by atoms with Gasteiger partial charge in [-0.3, -0.25) is 0 Å². The van der Waals surface area contributed by atoms with E-state index in [1.807, 2.05) is 11.3 Å². The lowest BCUT2D eigenvalue weighted by Gasteiger charge is -2.28. The van der Waals surface area contributed by atoms with Crippen LogP contribution in [0.4, 0.5) is 17.1 Å². The Morgan fingerprint density at radius 2 is 0.958 bits per heavy atom. The van der Waals surface area contributed by atoms with E-state index in [4.69, 9.17) is 0 Å². The Morgan fingerprint density at radius 3 is 1.83 bits per heavy atom. The van der Waals surface area contributed by atoms with Crippen molar-refractivity contribution in [3.05, 3.63) is 188 Å². The zero-order chi connectivity index (χ0) is 31.9. The summed E-state index contributed by atoms with van der Waals surface area (Å²) in [6.07, 6.45) is 0. The highest BCUT2D eigenvalue weighted by Crippen LogP contribution is 2.47. The van der Waals surface area contributed by atoms with E-state index < -0.39 is 0 Å². The van der Waals surface area contributed by atoms with Gasteiger partial charge in [0.05, 0.1) is 16.1 Å². The zero-order valence-electron chi connectivity index (χ0n) is 26.3. The van der Waals surface area contributed by atoms with Crippen LogP contribution in [0.3, 0.4) is 0 Å². The molecule has 1 nitrogen and oxygen atoms in total. The number of anilines is 3. The molecule has 48 heavy (non-hydrogen) atoms. The van der Waals surface area contributed by atoms with Gasteiger partial charge < -0.3 is 4.90 Å². The summed E-state index contributed by atoms with van der Waals surface area (Å²) in [5.74, 6) is 0. The highest BCUT2D eigenvalue weighted by Gasteiger charge is 2.21. The van der Waals surface area contributed by atoms with E-state index in [0.717, 1.165) is 11.4 Å². The molecule has 1 aromatic heterocycles. The maximum Gasteiger partial charge on any atom is 0.0640 e. The predicted octanol–water partition coefficient (Wildman–Crippen LogP) is 13.7. The van der Waals surface area contributed by atoms with Crippen LogP contribution in [-0.4, -0.2) is 0 Å². The number of thiophene rings is 1. The average Bonchev–Trinajstić information content (AvgIpc) is 3.55. The van der Waals surface area contributed by atoms with Crippen LogP contribution in [0.5, 0.6) is 0 Å². The molecule has 9 rings (SSSR count). The van der Waals surface area contributed by atoms with Crippen molar-refractivity contribution in [3.63, 3.8) is 0 Å². The fourth-order valence-electron chi connectivity index (χ4n) is 6.90. The molecule has 2 heteroatoms. The van der Waals surface area contributed by atoms with Crippen LogP contribution in [-0.2, 0) is 0 Å². The van der Waals surface area contributed by atoms with Crippen LogP contribution in [0, 0.1) is 0 Å². The Morgan fingerprint density at radius 1 is 0.354 bits per heavy atom. The third-order valence-electron chi connectivity index (χ3n) is 9.26. The number of rotatable bonds is 6. The Balaban J connectivity index is 1.17. The minimum atomic E-state index is 1.12. The second-order valence-corrected chi connectivity index (χ2v) is 13.2. The molecule has 0 spiro atoms. The van der Waals surface area contributed by atoms with Gasteiger partial charge in [0, 0.05) is 26.7 Å². The Kier molecular flexibility index (Phi) is 7.07. The van der Waals surface area contributed by atoms with E-state index in [1.165, 1.54) is 70.0 Å². The molecule has 0 aliphatic rings. The number of para-hydroxylation sites is 1. The smallest absolute Gasteiger partial charge is 0.0640 e. The molecule has 0 radical (unpaired) electrons. The number of benzene rings is 8. The van der Waals surface area contributed by atoms with E-state index in [9.17, 15) is 0 Å². The summed E-state index contributed by atoms with van der Waals surface area (Å²) in [7, 11) is 0. The first-order chi connectivity index (χ1) is 23.8. The van der Waals surface area contributed by atoms with Crippen molar-refractivity contribution in [2.24, 2.45) is 0 Å². The molecule has 0 fully saturated rings. The summed E-state index contributed by atoms with van der Waals surface area (Å²) in [5.41, 5.74) is 10.7. The van der Waals surface area contributed by atoms with Crippen molar-refractivity contribution < 1.29 is 0 Å². The molecule has 0 aliphatic carbocycles. The van der Waals surface area contributed by atoms with Gasteiger partial charge in [0.2, 0.25) is 0 Å². The van der Waals surface area contributed by atoms with E-state index >= 15 is 0 Å². The van der Waals surface area contributed by atoms with Crippen LogP contribution >= 0.6 is 11.3 Å². The molecule has 0 saturated carbocycles. The molecule has 0 atom stereocenters. The van der Waals surface area contributed by atoms with Gasteiger partial charge in [0.1, 0.15) is 0 Å². The maximum atomic E-state index is 2.44. The molecule has 0 bridgehead atoms. The third kappa shape index (κ3) is 5.04. The standard InChI is InChI=1S/C46H31NS/c1-2-13-34(14-3-1)40-18-6-8-21-43(40)47(44-22-11-20-42-41-19-7-9-23-45(41)48-46(42)44)39-28-26-33(27-29-39)36-16-10-17-37(30-36)38-25-24-32-12-4-5-15-35(32)31-38/h1-31H. The van der Waals surface area contributed by atoms with Crippen LogP contribution in [0.1, 0.15) is 0 Å². The highest BCUT2D eigenvalue weighted by atomic mass is 32.1. The quantitative estimate of drug-likeness (QED) is 0.177. The first-order valence-corrected chi connectivity index (χ1v) is 17.2. The van der Waals surface area contributed by atoms with E-state index in [1.54, 1.807) is 0 Å². The molecule has 226 valence electrons. The Bertz CT molecular complexity index is 2560. The Hall–Kier alpha value is -5.96. The van der Waals surface area contributed by atoms with Crippen LogP contribution < -0.4 is 4.90 Å². The zero-order valence-corrected chi connectivity index (χ0v) is 27.1. The van der Waals surface area contributed by atoms with Crippen molar-refractivity contribution in [1.29, 1.82) is 0 Å². The molecule has 0 amide bonds. The minimum absolute atomic E-state index is 1.12. The van der Waals surface area contributed by atoms with Crippen molar-refractivity contribution in [3.8, 4) is 33.4 Å². The van der Waals surface area contributed by atoms with Gasteiger partial charge in [-0.05, 0) is 81.1 Å². The molecule has 0 aliphatic heterocycles. The summed E-state index contributed by atoms with van der Waals surface area (Å²) in [4.78, 5) is 2.44. The van der Waals surface area contributed by atoms with Gasteiger partial charge in [-0.2, -0.15) is 0 Å². The van der Waals surface area contributed by atoms with Gasteiger partial charge in [0.25, 0.3) is 0 Å². The highest BCUT2D eigenvalue weighted by molar-refractivity contribution is 7.26. The van der Waals surface area contributed by atoms with Gasteiger partial charge in [-0.15, -0.1) is 11.3 Å². The van der Waals surface area contributed by atoms with Crippen molar-refractivity contribution in [2.45, 2.75) is 0 Å². The topological polar surface area (TPSA) is 3.24 Å². The molecular weight excluding hydrogens is 599 g/mol. The number of nitrogens with zero attached hydrogens (tertiary/aromatic N) is 1. The lowest BCUT2D eigenvalue weighted by Crippen LogP contribution is -2.11. The SMILES string of the molecule is c1ccc(-c2ccccc2N(c2ccc(-c3cccc(-c4ccc5ccccc5c4)c3)cc2)c2cccc3c2sc2ccccc23)cc1. The summed E-state index contributed by atoms with van der Waals surface area (Å²) < 4.78 is 2.59. The van der Waals surface area contributed by atoms with E-state index in [-0.39, 0.29) is 0 Å². The van der Waals surface area contributed by atoms with Gasteiger partial charge in [0.15, 0.2) is 0 Å². The van der Waals surface area contributed by atoms with Gasteiger partial charge in [-0.25, -0.2) is 0 Å². The molecule has 1 heterocycles. The second kappa shape index (κ2) is 12.0. The first kappa shape index (κ1) is 28.3. The molecule has 9 aromatic rings. The summed E-state index contributed by atoms with van der Waals surface area (Å²) >= 11 is 1.87. The van der Waals surface area contributed by atoms with Gasteiger partial charge in [-0.1, -0.05) is 146 Å². The van der Waals surface area contributed by atoms with Gasteiger partial charge >= 0.3 is 0 Å². The molecule has 0 N–H and O–H groups in total. The molecule has 8 aromatic carbocycles. The number of hydrogen-bond donors (Lipinski definition) is 0. The lowest BCUT2D eigenvalue weighted by molar-refractivity contribution is 1.30. The number of fused-ring (bicyclic) bond motifs is 4. The van der Waals surface area contributed by atoms with E-state index in [2.05, 4.69) is 193 Å². The van der Waals surface area contributed by atoms with Crippen LogP contribution in [0.2, 0.25) is 0 Å².